The minimum absolute atomic E-state index is 0.0232. The van der Waals surface area contributed by atoms with Crippen LogP contribution in [0.5, 0.6) is 0 Å². The van der Waals surface area contributed by atoms with Crippen LogP contribution in [0.15, 0.2) is 24.3 Å². The highest BCUT2D eigenvalue weighted by Crippen LogP contribution is 2.27. The van der Waals surface area contributed by atoms with Gasteiger partial charge in [0, 0.05) is 23.4 Å². The summed E-state index contributed by atoms with van der Waals surface area (Å²) in [5.74, 6) is -2.00. The molecule has 1 unspecified atom stereocenters. The number of aryl methyl sites for hydroxylation is 2. The van der Waals surface area contributed by atoms with Crippen LogP contribution in [0.3, 0.4) is 0 Å². The number of carboxylic acid groups (broad SMARTS) is 1. The SMILES string of the molecule is Cc1nn(CC(F)(F)F)c(C)c1C(C)C(=O)Nc1cccc(CCC(=O)O)c1. The summed E-state index contributed by atoms with van der Waals surface area (Å²) in [6, 6.07) is 6.81. The summed E-state index contributed by atoms with van der Waals surface area (Å²) in [6.45, 7) is 3.49. The molecule has 0 aliphatic heterocycles. The van der Waals surface area contributed by atoms with Crippen LogP contribution in [0.25, 0.3) is 0 Å². The molecule has 2 N–H and O–H groups in total. The van der Waals surface area contributed by atoms with Crippen LogP contribution < -0.4 is 5.32 Å². The molecule has 6 nitrogen and oxygen atoms in total. The Hall–Kier alpha value is -2.84. The van der Waals surface area contributed by atoms with Crippen molar-refractivity contribution >= 4 is 17.6 Å². The molecule has 152 valence electrons. The highest BCUT2D eigenvalue weighted by Gasteiger charge is 2.31. The van der Waals surface area contributed by atoms with Crippen LogP contribution >= 0.6 is 0 Å². The number of alkyl halides is 3. The zero-order valence-electron chi connectivity index (χ0n) is 15.8. The van der Waals surface area contributed by atoms with Gasteiger partial charge in [-0.1, -0.05) is 12.1 Å². The molecular weight excluding hydrogens is 375 g/mol. The van der Waals surface area contributed by atoms with Gasteiger partial charge in [-0.05, 0) is 44.9 Å². The van der Waals surface area contributed by atoms with E-state index in [4.69, 9.17) is 5.11 Å². The molecule has 1 amide bonds. The molecule has 0 radical (unpaired) electrons. The van der Waals surface area contributed by atoms with Crippen molar-refractivity contribution in [1.29, 1.82) is 0 Å². The van der Waals surface area contributed by atoms with E-state index in [0.29, 0.717) is 29.1 Å². The first-order valence-corrected chi connectivity index (χ1v) is 8.70. The van der Waals surface area contributed by atoms with Gasteiger partial charge < -0.3 is 10.4 Å². The molecule has 2 rings (SSSR count). The highest BCUT2D eigenvalue weighted by atomic mass is 19.4. The van der Waals surface area contributed by atoms with Crippen LogP contribution in [0.1, 0.15) is 41.8 Å². The van der Waals surface area contributed by atoms with Crippen LogP contribution in [-0.4, -0.2) is 32.9 Å². The quantitative estimate of drug-likeness (QED) is 0.744. The summed E-state index contributed by atoms with van der Waals surface area (Å²) >= 11 is 0. The second-order valence-corrected chi connectivity index (χ2v) is 6.66. The number of amides is 1. The third-order valence-electron chi connectivity index (χ3n) is 4.41. The maximum absolute atomic E-state index is 12.7. The van der Waals surface area contributed by atoms with Gasteiger partial charge in [-0.25, -0.2) is 0 Å². The number of hydrogen-bond acceptors (Lipinski definition) is 3. The van der Waals surface area contributed by atoms with E-state index >= 15 is 0 Å². The predicted octanol–water partition coefficient (Wildman–Crippen LogP) is 3.82. The molecule has 28 heavy (non-hydrogen) atoms. The molecule has 0 spiro atoms. The number of aromatic nitrogens is 2. The monoisotopic (exact) mass is 397 g/mol. The van der Waals surface area contributed by atoms with Crippen molar-refractivity contribution in [2.45, 2.75) is 52.3 Å². The topological polar surface area (TPSA) is 84.2 Å². The van der Waals surface area contributed by atoms with E-state index in [2.05, 4.69) is 10.4 Å². The maximum Gasteiger partial charge on any atom is 0.408 e. The van der Waals surface area contributed by atoms with E-state index in [0.717, 1.165) is 10.2 Å². The smallest absolute Gasteiger partial charge is 0.408 e. The molecule has 1 heterocycles. The molecule has 2 aromatic rings. The van der Waals surface area contributed by atoms with Gasteiger partial charge in [-0.15, -0.1) is 0 Å². The Morgan fingerprint density at radius 1 is 1.29 bits per heavy atom. The molecular formula is C19H22F3N3O3. The van der Waals surface area contributed by atoms with Crippen LogP contribution in [-0.2, 0) is 22.6 Å². The van der Waals surface area contributed by atoms with Gasteiger partial charge >= 0.3 is 12.1 Å². The Labute approximate surface area is 160 Å². The Morgan fingerprint density at radius 3 is 2.57 bits per heavy atom. The average Bonchev–Trinajstić information content (AvgIpc) is 2.84. The van der Waals surface area contributed by atoms with Crippen LogP contribution in [0.2, 0.25) is 0 Å². The van der Waals surface area contributed by atoms with Crippen molar-refractivity contribution in [1.82, 2.24) is 9.78 Å². The zero-order valence-corrected chi connectivity index (χ0v) is 15.8. The molecule has 0 aliphatic carbocycles. The summed E-state index contributed by atoms with van der Waals surface area (Å²) < 4.78 is 38.9. The number of rotatable bonds is 7. The molecule has 0 bridgehead atoms. The lowest BCUT2D eigenvalue weighted by Crippen LogP contribution is -2.21. The number of nitrogens with one attached hydrogen (secondary N) is 1. The second-order valence-electron chi connectivity index (χ2n) is 6.66. The van der Waals surface area contributed by atoms with Crippen LogP contribution in [0.4, 0.5) is 18.9 Å². The van der Waals surface area contributed by atoms with Crippen molar-refractivity contribution in [3.8, 4) is 0 Å². The number of aliphatic carboxylic acids is 1. The Balaban J connectivity index is 2.15. The molecule has 1 aromatic heterocycles. The van der Waals surface area contributed by atoms with Gasteiger partial charge in [0.1, 0.15) is 6.54 Å². The summed E-state index contributed by atoms with van der Waals surface area (Å²) in [5, 5.41) is 15.4. The van der Waals surface area contributed by atoms with Crippen molar-refractivity contribution in [3.63, 3.8) is 0 Å². The van der Waals surface area contributed by atoms with Gasteiger partial charge in [0.2, 0.25) is 5.91 Å². The normalized spacial score (nSPS) is 12.6. The zero-order chi connectivity index (χ0) is 21.1. The lowest BCUT2D eigenvalue weighted by molar-refractivity contribution is -0.143. The summed E-state index contributed by atoms with van der Waals surface area (Å²) in [7, 11) is 0. The van der Waals surface area contributed by atoms with Crippen molar-refractivity contribution < 1.29 is 27.9 Å². The third-order valence-corrected chi connectivity index (χ3v) is 4.41. The molecule has 0 saturated carbocycles. The first-order chi connectivity index (χ1) is 13.0. The Bertz CT molecular complexity index is 875. The van der Waals surface area contributed by atoms with Gasteiger partial charge in [-0.2, -0.15) is 18.3 Å². The summed E-state index contributed by atoms with van der Waals surface area (Å²) in [5.41, 5.74) is 2.40. The fraction of sp³-hybridized carbons (Fsp3) is 0.421. The lowest BCUT2D eigenvalue weighted by atomic mass is 9.98. The van der Waals surface area contributed by atoms with Gasteiger partial charge in [0.05, 0.1) is 11.6 Å². The average molecular weight is 397 g/mol. The largest absolute Gasteiger partial charge is 0.481 e. The highest BCUT2D eigenvalue weighted by molar-refractivity contribution is 5.96. The fourth-order valence-electron chi connectivity index (χ4n) is 3.10. The molecule has 9 heteroatoms. The summed E-state index contributed by atoms with van der Waals surface area (Å²) in [6.07, 6.45) is -4.09. The molecule has 0 saturated heterocycles. The standard InChI is InChI=1S/C19H22F3N3O3/c1-11(17-12(2)24-25(13(17)3)10-19(20,21)22)18(28)23-15-6-4-5-14(9-15)7-8-16(26)27/h4-6,9,11H,7-8,10H2,1-3H3,(H,23,28)(H,26,27). The first-order valence-electron chi connectivity index (χ1n) is 8.70. The number of carbonyl (C=O) groups is 2. The minimum Gasteiger partial charge on any atom is -0.481 e. The third kappa shape index (κ3) is 5.58. The van der Waals surface area contributed by atoms with E-state index < -0.39 is 24.6 Å². The maximum atomic E-state index is 12.7. The molecule has 0 fully saturated rings. The predicted molar refractivity (Wildman–Crippen MR) is 97.2 cm³/mol. The van der Waals surface area contributed by atoms with Crippen molar-refractivity contribution in [3.05, 3.63) is 46.8 Å². The van der Waals surface area contributed by atoms with Crippen molar-refractivity contribution in [2.24, 2.45) is 0 Å². The van der Waals surface area contributed by atoms with Gasteiger partial charge in [0.25, 0.3) is 0 Å². The number of carboxylic acids is 1. The van der Waals surface area contributed by atoms with E-state index in [1.165, 1.54) is 6.92 Å². The number of anilines is 1. The Kier molecular flexibility index (Phi) is 6.48. The lowest BCUT2D eigenvalue weighted by Gasteiger charge is -2.14. The number of halogens is 3. The molecule has 1 atom stereocenters. The number of carbonyl (C=O) groups excluding carboxylic acids is 1. The number of benzene rings is 1. The second kappa shape index (κ2) is 8.45. The van der Waals surface area contributed by atoms with Crippen LogP contribution in [0, 0.1) is 13.8 Å². The van der Waals surface area contributed by atoms with E-state index in [1.807, 2.05) is 0 Å². The van der Waals surface area contributed by atoms with E-state index in [1.54, 1.807) is 38.1 Å². The van der Waals surface area contributed by atoms with Gasteiger partial charge in [0.15, 0.2) is 0 Å². The fourth-order valence-corrected chi connectivity index (χ4v) is 3.10. The minimum atomic E-state index is -4.40. The summed E-state index contributed by atoms with van der Waals surface area (Å²) in [4.78, 5) is 23.3. The Morgan fingerprint density at radius 2 is 1.96 bits per heavy atom. The molecule has 1 aromatic carbocycles. The van der Waals surface area contributed by atoms with E-state index in [9.17, 15) is 22.8 Å². The number of hydrogen-bond donors (Lipinski definition) is 2. The van der Waals surface area contributed by atoms with Gasteiger partial charge in [-0.3, -0.25) is 14.3 Å². The molecule has 0 aliphatic rings. The van der Waals surface area contributed by atoms with E-state index in [-0.39, 0.29) is 12.3 Å². The van der Waals surface area contributed by atoms with Crippen molar-refractivity contribution in [2.75, 3.05) is 5.32 Å². The first kappa shape index (κ1) is 21.5. The number of nitrogens with zero attached hydrogens (tertiary/aromatic N) is 2.